The Morgan fingerprint density at radius 2 is 1.90 bits per heavy atom. The molecular formula is C22H19NO6S. The van der Waals surface area contributed by atoms with E-state index < -0.39 is 24.5 Å². The Kier molecular flexibility index (Phi) is 7.18. The summed E-state index contributed by atoms with van der Waals surface area (Å²) < 4.78 is 15.1. The number of hydrogen-bond donors (Lipinski definition) is 1. The average Bonchev–Trinajstić information content (AvgIpc) is 3.42. The Labute approximate surface area is 176 Å². The largest absolute Gasteiger partial charge is 0.465 e. The monoisotopic (exact) mass is 425 g/mol. The summed E-state index contributed by atoms with van der Waals surface area (Å²) in [5.41, 5.74) is 1.15. The Balaban J connectivity index is 1.66. The number of hydrogen-bond acceptors (Lipinski definition) is 7. The Hall–Kier alpha value is -3.65. The zero-order chi connectivity index (χ0) is 21.3. The van der Waals surface area contributed by atoms with Crippen LogP contribution in [-0.2, 0) is 19.1 Å². The molecule has 154 valence electrons. The summed E-state index contributed by atoms with van der Waals surface area (Å²) in [5, 5.41) is 2.96. The molecule has 30 heavy (non-hydrogen) atoms. The van der Waals surface area contributed by atoms with E-state index in [1.165, 1.54) is 23.7 Å². The van der Waals surface area contributed by atoms with Gasteiger partial charge in [-0.15, -0.1) is 11.3 Å². The second-order valence-corrected chi connectivity index (χ2v) is 7.00. The van der Waals surface area contributed by atoms with Crippen molar-refractivity contribution in [3.05, 3.63) is 72.2 Å². The van der Waals surface area contributed by atoms with E-state index in [9.17, 15) is 14.4 Å². The van der Waals surface area contributed by atoms with Crippen molar-refractivity contribution in [3.8, 4) is 10.4 Å². The lowest BCUT2D eigenvalue weighted by atomic mass is 10.1. The first-order chi connectivity index (χ1) is 14.6. The highest BCUT2D eigenvalue weighted by atomic mass is 32.1. The standard InChI is InChI=1S/C22H19NO6S/c1-2-27-22(26)17-13-18(15-7-4-3-5-8-15)30-21(17)23-19(24)14-29-20(25)11-10-16-9-6-12-28-16/h3-13H,2,14H2,1H3,(H,23,24)/b11-10+. The minimum absolute atomic E-state index is 0.211. The van der Waals surface area contributed by atoms with Crippen LogP contribution in [0, 0.1) is 0 Å². The van der Waals surface area contributed by atoms with Gasteiger partial charge in [0.05, 0.1) is 18.4 Å². The van der Waals surface area contributed by atoms with Crippen LogP contribution in [0.15, 0.2) is 65.3 Å². The van der Waals surface area contributed by atoms with Crippen molar-refractivity contribution in [2.24, 2.45) is 0 Å². The number of nitrogens with one attached hydrogen (secondary N) is 1. The molecule has 0 bridgehead atoms. The van der Waals surface area contributed by atoms with Crippen LogP contribution >= 0.6 is 11.3 Å². The van der Waals surface area contributed by atoms with E-state index in [1.807, 2.05) is 30.3 Å². The van der Waals surface area contributed by atoms with Crippen LogP contribution in [0.2, 0.25) is 0 Å². The van der Waals surface area contributed by atoms with Gasteiger partial charge in [0.2, 0.25) is 0 Å². The van der Waals surface area contributed by atoms with E-state index in [-0.39, 0.29) is 12.2 Å². The average molecular weight is 425 g/mol. The van der Waals surface area contributed by atoms with Gasteiger partial charge in [-0.1, -0.05) is 30.3 Å². The first-order valence-corrected chi connectivity index (χ1v) is 9.93. The van der Waals surface area contributed by atoms with Gasteiger partial charge >= 0.3 is 11.9 Å². The minimum atomic E-state index is -0.691. The van der Waals surface area contributed by atoms with Gasteiger partial charge in [0.1, 0.15) is 10.8 Å². The summed E-state index contributed by atoms with van der Waals surface area (Å²) in [6.45, 7) is 1.42. The van der Waals surface area contributed by atoms with Gasteiger partial charge in [-0.2, -0.15) is 0 Å². The van der Waals surface area contributed by atoms with Crippen LogP contribution in [0.5, 0.6) is 0 Å². The maximum absolute atomic E-state index is 12.3. The highest BCUT2D eigenvalue weighted by Gasteiger charge is 2.20. The lowest BCUT2D eigenvalue weighted by Crippen LogP contribution is -2.20. The lowest BCUT2D eigenvalue weighted by molar-refractivity contribution is -0.142. The Bertz CT molecular complexity index is 1040. The predicted octanol–water partition coefficient (Wildman–Crippen LogP) is 4.38. The third-order valence-corrected chi connectivity index (χ3v) is 4.91. The Morgan fingerprint density at radius 1 is 1.10 bits per heavy atom. The Morgan fingerprint density at radius 3 is 2.60 bits per heavy atom. The molecule has 3 rings (SSSR count). The molecule has 7 nitrogen and oxygen atoms in total. The van der Waals surface area contributed by atoms with Crippen molar-refractivity contribution >= 4 is 40.3 Å². The molecule has 1 N–H and O–H groups in total. The summed E-state index contributed by atoms with van der Waals surface area (Å²) >= 11 is 1.24. The molecule has 0 atom stereocenters. The van der Waals surface area contributed by atoms with Crippen molar-refractivity contribution in [1.82, 2.24) is 0 Å². The summed E-state index contributed by atoms with van der Waals surface area (Å²) in [6.07, 6.45) is 4.07. The van der Waals surface area contributed by atoms with Gasteiger partial charge < -0.3 is 19.2 Å². The molecule has 0 aliphatic rings. The maximum Gasteiger partial charge on any atom is 0.341 e. The summed E-state index contributed by atoms with van der Waals surface area (Å²) in [6, 6.07) is 14.5. The highest BCUT2D eigenvalue weighted by molar-refractivity contribution is 7.20. The normalized spacial score (nSPS) is 10.7. The fourth-order valence-corrected chi connectivity index (χ4v) is 3.54. The zero-order valence-electron chi connectivity index (χ0n) is 16.1. The molecule has 0 aliphatic carbocycles. The number of amides is 1. The molecule has 0 saturated heterocycles. The van der Waals surface area contributed by atoms with Gasteiger partial charge in [-0.3, -0.25) is 4.79 Å². The number of esters is 2. The molecule has 0 saturated carbocycles. The van der Waals surface area contributed by atoms with Crippen LogP contribution in [0.25, 0.3) is 16.5 Å². The van der Waals surface area contributed by atoms with Crippen LogP contribution in [0.1, 0.15) is 23.0 Å². The quantitative estimate of drug-likeness (QED) is 0.425. The van der Waals surface area contributed by atoms with Crippen molar-refractivity contribution in [2.75, 3.05) is 18.5 Å². The molecule has 3 aromatic rings. The second-order valence-electron chi connectivity index (χ2n) is 5.94. The van der Waals surface area contributed by atoms with Crippen LogP contribution in [-0.4, -0.2) is 31.1 Å². The molecule has 8 heteroatoms. The molecule has 0 radical (unpaired) electrons. The SMILES string of the molecule is CCOC(=O)c1cc(-c2ccccc2)sc1NC(=O)COC(=O)/C=C/c1ccco1. The predicted molar refractivity (Wildman–Crippen MR) is 113 cm³/mol. The molecule has 0 unspecified atom stereocenters. The number of ether oxygens (including phenoxy) is 2. The molecule has 0 aliphatic heterocycles. The van der Waals surface area contributed by atoms with Crippen molar-refractivity contribution in [1.29, 1.82) is 0 Å². The van der Waals surface area contributed by atoms with Gasteiger partial charge in [0.25, 0.3) is 5.91 Å². The van der Waals surface area contributed by atoms with Crippen molar-refractivity contribution in [2.45, 2.75) is 6.92 Å². The van der Waals surface area contributed by atoms with E-state index in [0.717, 1.165) is 16.5 Å². The van der Waals surface area contributed by atoms with E-state index in [1.54, 1.807) is 25.1 Å². The number of anilines is 1. The van der Waals surface area contributed by atoms with Crippen molar-refractivity contribution in [3.63, 3.8) is 0 Å². The van der Waals surface area contributed by atoms with E-state index in [2.05, 4.69) is 5.32 Å². The topological polar surface area (TPSA) is 94.8 Å². The highest BCUT2D eigenvalue weighted by Crippen LogP contribution is 2.35. The van der Waals surface area contributed by atoms with Gasteiger partial charge in [0.15, 0.2) is 6.61 Å². The van der Waals surface area contributed by atoms with Crippen LogP contribution < -0.4 is 5.32 Å². The number of thiophene rings is 1. The summed E-state index contributed by atoms with van der Waals surface area (Å²) in [4.78, 5) is 37.1. The molecular weight excluding hydrogens is 406 g/mol. The number of rotatable bonds is 8. The third kappa shape index (κ3) is 5.68. The van der Waals surface area contributed by atoms with Gasteiger partial charge in [-0.25, -0.2) is 9.59 Å². The van der Waals surface area contributed by atoms with Crippen LogP contribution in [0.3, 0.4) is 0 Å². The van der Waals surface area contributed by atoms with Crippen molar-refractivity contribution < 1.29 is 28.3 Å². The molecule has 2 aromatic heterocycles. The molecule has 2 heterocycles. The minimum Gasteiger partial charge on any atom is -0.465 e. The fourth-order valence-electron chi connectivity index (χ4n) is 2.47. The molecule has 0 fully saturated rings. The second kappa shape index (κ2) is 10.2. The molecule has 1 aromatic carbocycles. The van der Waals surface area contributed by atoms with E-state index >= 15 is 0 Å². The summed E-state index contributed by atoms with van der Waals surface area (Å²) in [7, 11) is 0. The molecule has 0 spiro atoms. The fraction of sp³-hybridized carbons (Fsp3) is 0.136. The zero-order valence-corrected chi connectivity index (χ0v) is 16.9. The van der Waals surface area contributed by atoms with E-state index in [0.29, 0.717) is 10.8 Å². The smallest absolute Gasteiger partial charge is 0.341 e. The van der Waals surface area contributed by atoms with E-state index in [4.69, 9.17) is 13.9 Å². The lowest BCUT2D eigenvalue weighted by Gasteiger charge is -2.06. The van der Waals surface area contributed by atoms with Gasteiger partial charge in [0, 0.05) is 11.0 Å². The molecule has 1 amide bonds. The van der Waals surface area contributed by atoms with Crippen LogP contribution in [0.4, 0.5) is 5.00 Å². The first kappa shape index (κ1) is 21.1. The summed E-state index contributed by atoms with van der Waals surface area (Å²) in [5.74, 6) is -1.31. The maximum atomic E-state index is 12.3. The van der Waals surface area contributed by atoms with Gasteiger partial charge in [-0.05, 0) is 36.8 Å². The number of carbonyl (C=O) groups is 3. The number of furan rings is 1. The third-order valence-electron chi connectivity index (χ3n) is 3.81. The number of benzene rings is 1. The number of carbonyl (C=O) groups excluding carboxylic acids is 3. The first-order valence-electron chi connectivity index (χ1n) is 9.11.